The van der Waals surface area contributed by atoms with Crippen molar-refractivity contribution < 1.29 is 9.47 Å². The van der Waals surface area contributed by atoms with Crippen molar-refractivity contribution in [3.05, 3.63) is 30.1 Å². The van der Waals surface area contributed by atoms with Crippen LogP contribution in [0.4, 0.5) is 5.82 Å². The van der Waals surface area contributed by atoms with E-state index in [0.717, 1.165) is 29.9 Å². The van der Waals surface area contributed by atoms with Crippen molar-refractivity contribution in [2.45, 2.75) is 18.8 Å². The fraction of sp³-hybridized carbons (Fsp3) is 0.333. The summed E-state index contributed by atoms with van der Waals surface area (Å²) >= 11 is 0. The summed E-state index contributed by atoms with van der Waals surface area (Å²) in [7, 11) is 3.24. The van der Waals surface area contributed by atoms with E-state index in [-0.39, 0.29) is 0 Å². The summed E-state index contributed by atoms with van der Waals surface area (Å²) < 4.78 is 10.8. The van der Waals surface area contributed by atoms with Crippen LogP contribution in [0, 0.1) is 0 Å². The number of aromatic nitrogens is 2. The molecule has 2 aromatic rings. The molecule has 0 atom stereocenters. The second-order valence-electron chi connectivity index (χ2n) is 4.85. The molecule has 3 rings (SSSR count). The van der Waals surface area contributed by atoms with E-state index in [4.69, 9.17) is 15.2 Å². The van der Waals surface area contributed by atoms with Crippen LogP contribution in [-0.4, -0.2) is 24.2 Å². The molecule has 0 amide bonds. The largest absolute Gasteiger partial charge is 0.493 e. The van der Waals surface area contributed by atoms with Crippen LogP contribution in [0.25, 0.3) is 11.3 Å². The molecule has 5 nitrogen and oxygen atoms in total. The fourth-order valence-electron chi connectivity index (χ4n) is 2.24. The Balaban J connectivity index is 2.12. The van der Waals surface area contributed by atoms with Gasteiger partial charge in [0.1, 0.15) is 11.6 Å². The number of nitrogens with two attached hydrogens (primary N) is 1. The first-order valence-corrected chi connectivity index (χ1v) is 6.58. The average Bonchev–Trinajstić information content (AvgIpc) is 3.30. The summed E-state index contributed by atoms with van der Waals surface area (Å²) in [6.45, 7) is 0. The van der Waals surface area contributed by atoms with Crippen LogP contribution in [0.5, 0.6) is 11.5 Å². The lowest BCUT2D eigenvalue weighted by molar-refractivity contribution is 0.356. The van der Waals surface area contributed by atoms with Crippen molar-refractivity contribution in [2.24, 2.45) is 0 Å². The number of hydrogen-bond donors (Lipinski definition) is 1. The maximum Gasteiger partial charge on any atom is 0.170 e. The van der Waals surface area contributed by atoms with Gasteiger partial charge in [0.2, 0.25) is 0 Å². The van der Waals surface area contributed by atoms with Gasteiger partial charge in [-0.25, -0.2) is 9.97 Å². The molecule has 1 aliphatic rings. The molecule has 20 heavy (non-hydrogen) atoms. The maximum atomic E-state index is 5.90. The standard InChI is InChI=1S/C15H17N3O2/c1-19-12-5-3-4-10(14(12)20-2)11-8-13(16)18-15(17-11)9-6-7-9/h3-5,8-9H,6-7H2,1-2H3,(H2,16,17,18). The highest BCUT2D eigenvalue weighted by molar-refractivity contribution is 5.72. The van der Waals surface area contributed by atoms with E-state index >= 15 is 0 Å². The van der Waals surface area contributed by atoms with Crippen LogP contribution in [0.3, 0.4) is 0 Å². The van der Waals surface area contributed by atoms with Gasteiger partial charge >= 0.3 is 0 Å². The quantitative estimate of drug-likeness (QED) is 0.925. The Bertz CT molecular complexity index is 639. The number of ether oxygens (including phenoxy) is 2. The molecule has 1 fully saturated rings. The Morgan fingerprint density at radius 2 is 1.95 bits per heavy atom. The maximum absolute atomic E-state index is 5.90. The molecule has 0 unspecified atom stereocenters. The topological polar surface area (TPSA) is 70.3 Å². The van der Waals surface area contributed by atoms with E-state index in [1.165, 1.54) is 0 Å². The van der Waals surface area contributed by atoms with Gasteiger partial charge in [-0.15, -0.1) is 0 Å². The highest BCUT2D eigenvalue weighted by atomic mass is 16.5. The number of hydrogen-bond acceptors (Lipinski definition) is 5. The van der Waals surface area contributed by atoms with Crippen LogP contribution in [0.2, 0.25) is 0 Å². The Kier molecular flexibility index (Phi) is 3.18. The van der Waals surface area contributed by atoms with Crippen LogP contribution in [0.15, 0.2) is 24.3 Å². The van der Waals surface area contributed by atoms with Crippen molar-refractivity contribution in [1.29, 1.82) is 0 Å². The zero-order valence-corrected chi connectivity index (χ0v) is 11.6. The first-order valence-electron chi connectivity index (χ1n) is 6.58. The molecule has 0 bridgehead atoms. The van der Waals surface area contributed by atoms with Crippen LogP contribution in [0.1, 0.15) is 24.6 Å². The second-order valence-corrected chi connectivity index (χ2v) is 4.85. The summed E-state index contributed by atoms with van der Waals surface area (Å²) in [5, 5.41) is 0. The molecule has 104 valence electrons. The number of methoxy groups -OCH3 is 2. The third-order valence-electron chi connectivity index (χ3n) is 3.38. The molecule has 1 aromatic carbocycles. The number of anilines is 1. The molecule has 1 heterocycles. The lowest BCUT2D eigenvalue weighted by atomic mass is 10.1. The molecular weight excluding hydrogens is 254 g/mol. The second kappa shape index (κ2) is 5.00. The molecule has 0 aliphatic heterocycles. The van der Waals surface area contributed by atoms with E-state index in [2.05, 4.69) is 9.97 Å². The van der Waals surface area contributed by atoms with Gasteiger partial charge in [-0.05, 0) is 25.0 Å². The van der Waals surface area contributed by atoms with Gasteiger partial charge in [-0.2, -0.15) is 0 Å². The van der Waals surface area contributed by atoms with E-state index < -0.39 is 0 Å². The van der Waals surface area contributed by atoms with E-state index in [1.807, 2.05) is 18.2 Å². The molecule has 5 heteroatoms. The monoisotopic (exact) mass is 271 g/mol. The van der Waals surface area contributed by atoms with Crippen LogP contribution >= 0.6 is 0 Å². The summed E-state index contributed by atoms with van der Waals surface area (Å²) in [5.41, 5.74) is 7.54. The Hall–Kier alpha value is -2.30. The number of nitrogen functional groups attached to an aromatic ring is 1. The van der Waals surface area contributed by atoms with Gasteiger partial charge in [-0.1, -0.05) is 6.07 Å². The minimum absolute atomic E-state index is 0.453. The molecule has 1 saturated carbocycles. The lowest BCUT2D eigenvalue weighted by Crippen LogP contribution is -2.01. The van der Waals surface area contributed by atoms with Crippen molar-refractivity contribution in [3.63, 3.8) is 0 Å². The third kappa shape index (κ3) is 2.27. The minimum atomic E-state index is 0.453. The lowest BCUT2D eigenvalue weighted by Gasteiger charge is -2.13. The van der Waals surface area contributed by atoms with Gasteiger partial charge in [0, 0.05) is 17.5 Å². The van der Waals surface area contributed by atoms with Gasteiger partial charge in [0.25, 0.3) is 0 Å². The molecule has 1 aromatic heterocycles. The molecular formula is C15H17N3O2. The van der Waals surface area contributed by atoms with Gasteiger partial charge in [-0.3, -0.25) is 0 Å². The molecule has 1 aliphatic carbocycles. The summed E-state index contributed by atoms with van der Waals surface area (Å²) in [6.07, 6.45) is 2.27. The van der Waals surface area contributed by atoms with Crippen molar-refractivity contribution in [2.75, 3.05) is 20.0 Å². The first kappa shape index (κ1) is 12.7. The molecule has 0 radical (unpaired) electrons. The van der Waals surface area contributed by atoms with Crippen molar-refractivity contribution in [3.8, 4) is 22.8 Å². The predicted octanol–water partition coefficient (Wildman–Crippen LogP) is 2.62. The zero-order valence-electron chi connectivity index (χ0n) is 11.6. The summed E-state index contributed by atoms with van der Waals surface area (Å²) in [5.74, 6) is 3.10. The number of benzene rings is 1. The fourth-order valence-corrected chi connectivity index (χ4v) is 2.24. The number of rotatable bonds is 4. The first-order chi connectivity index (χ1) is 9.72. The Morgan fingerprint density at radius 1 is 1.15 bits per heavy atom. The smallest absolute Gasteiger partial charge is 0.170 e. The normalized spacial score (nSPS) is 14.1. The van der Waals surface area contributed by atoms with Crippen LogP contribution < -0.4 is 15.2 Å². The SMILES string of the molecule is COc1cccc(-c2cc(N)nc(C3CC3)n2)c1OC. The molecule has 2 N–H and O–H groups in total. The van der Waals surface area contributed by atoms with Gasteiger partial charge < -0.3 is 15.2 Å². The van der Waals surface area contributed by atoms with E-state index in [0.29, 0.717) is 23.2 Å². The van der Waals surface area contributed by atoms with E-state index in [1.54, 1.807) is 20.3 Å². The van der Waals surface area contributed by atoms with Crippen molar-refractivity contribution in [1.82, 2.24) is 9.97 Å². The average molecular weight is 271 g/mol. The summed E-state index contributed by atoms with van der Waals surface area (Å²) in [4.78, 5) is 8.94. The highest BCUT2D eigenvalue weighted by Crippen LogP contribution is 2.41. The molecule has 0 spiro atoms. The van der Waals surface area contributed by atoms with E-state index in [9.17, 15) is 0 Å². The van der Waals surface area contributed by atoms with Gasteiger partial charge in [0.15, 0.2) is 11.5 Å². The van der Waals surface area contributed by atoms with Crippen LogP contribution in [-0.2, 0) is 0 Å². The number of para-hydroxylation sites is 1. The van der Waals surface area contributed by atoms with Gasteiger partial charge in [0.05, 0.1) is 19.9 Å². The molecule has 0 saturated heterocycles. The van der Waals surface area contributed by atoms with Crippen molar-refractivity contribution >= 4 is 5.82 Å². The zero-order chi connectivity index (χ0) is 14.1. The summed E-state index contributed by atoms with van der Waals surface area (Å²) in [6, 6.07) is 7.48. The number of nitrogens with zero attached hydrogens (tertiary/aromatic N) is 2. The predicted molar refractivity (Wildman–Crippen MR) is 77.0 cm³/mol. The minimum Gasteiger partial charge on any atom is -0.493 e. The Morgan fingerprint density at radius 3 is 2.60 bits per heavy atom. The Labute approximate surface area is 117 Å². The highest BCUT2D eigenvalue weighted by Gasteiger charge is 2.27. The third-order valence-corrected chi connectivity index (χ3v) is 3.38.